The molecule has 1 aliphatic carbocycles. The highest BCUT2D eigenvalue weighted by Crippen LogP contribution is 2.51. The normalized spacial score (nSPS) is 11.9. The summed E-state index contributed by atoms with van der Waals surface area (Å²) in [6, 6.07) is 63.0. The van der Waals surface area contributed by atoms with Crippen molar-refractivity contribution in [1.82, 2.24) is 14.5 Å². The first-order valence-corrected chi connectivity index (χ1v) is 17.4. The Balaban J connectivity index is 1.30. The van der Waals surface area contributed by atoms with E-state index >= 15 is 0 Å². The molecule has 0 N–H and O–H groups in total. The Labute approximate surface area is 294 Å². The average molecular weight is 648 g/mol. The summed E-state index contributed by atoms with van der Waals surface area (Å²) < 4.78 is 2.37. The molecule has 0 bridgehead atoms. The first-order chi connectivity index (χ1) is 25.3. The number of fused-ring (bicyclic) bond motifs is 4. The quantitative estimate of drug-likeness (QED) is 0.190. The van der Waals surface area contributed by atoms with Crippen molar-refractivity contribution in [3.63, 3.8) is 0 Å². The molecule has 0 amide bonds. The van der Waals surface area contributed by atoms with Gasteiger partial charge in [0.25, 0.3) is 0 Å². The molecule has 0 unspecified atom stereocenters. The number of rotatable bonds is 4. The standard InChI is InChI=1S/C48H29N3/c1-3-13-30(14-4-1)32-17-11-18-33(29-32)47-48(50-41-23-10-9-22-40(41)49-47)51-42-24-12-21-37-35-19-7-8-20-36(35)39-26-25-34(31-15-5-2-6-16-31)38-27-28-43(51)46(44(38)39)45(37)42/h1-29H. The molecule has 0 saturated carbocycles. The van der Waals surface area contributed by atoms with E-state index in [1.807, 2.05) is 12.1 Å². The van der Waals surface area contributed by atoms with Gasteiger partial charge in [0.15, 0.2) is 5.82 Å². The average Bonchev–Trinajstić information content (AvgIpc) is 3.49. The summed E-state index contributed by atoms with van der Waals surface area (Å²) in [5, 5.41) is 5.02. The first-order valence-electron chi connectivity index (χ1n) is 17.4. The van der Waals surface area contributed by atoms with Crippen molar-refractivity contribution in [1.29, 1.82) is 0 Å². The Kier molecular flexibility index (Phi) is 5.96. The smallest absolute Gasteiger partial charge is 0.165 e. The van der Waals surface area contributed by atoms with Gasteiger partial charge in [0.1, 0.15) is 5.69 Å². The van der Waals surface area contributed by atoms with Gasteiger partial charge >= 0.3 is 0 Å². The highest BCUT2D eigenvalue weighted by Gasteiger charge is 2.27. The fourth-order valence-electron chi connectivity index (χ4n) is 8.31. The largest absolute Gasteiger partial charge is 0.292 e. The van der Waals surface area contributed by atoms with Crippen molar-refractivity contribution < 1.29 is 0 Å². The predicted molar refractivity (Wildman–Crippen MR) is 212 cm³/mol. The second-order valence-corrected chi connectivity index (χ2v) is 13.3. The minimum atomic E-state index is 0.824. The van der Waals surface area contributed by atoms with Crippen LogP contribution < -0.4 is 0 Å². The molecule has 0 saturated heterocycles. The Morgan fingerprint density at radius 2 is 0.902 bits per heavy atom. The van der Waals surface area contributed by atoms with Crippen LogP contribution >= 0.6 is 0 Å². The third kappa shape index (κ3) is 4.12. The van der Waals surface area contributed by atoms with Crippen LogP contribution in [0.5, 0.6) is 0 Å². The van der Waals surface area contributed by atoms with Crippen molar-refractivity contribution in [2.45, 2.75) is 0 Å². The topological polar surface area (TPSA) is 30.7 Å². The van der Waals surface area contributed by atoms with Crippen LogP contribution in [0, 0.1) is 0 Å². The predicted octanol–water partition coefficient (Wildman–Crippen LogP) is 12.5. The third-order valence-electron chi connectivity index (χ3n) is 10.5. The lowest BCUT2D eigenvalue weighted by Gasteiger charge is -2.17. The van der Waals surface area contributed by atoms with Gasteiger partial charge < -0.3 is 0 Å². The van der Waals surface area contributed by atoms with E-state index in [9.17, 15) is 0 Å². The van der Waals surface area contributed by atoms with Gasteiger partial charge in [0, 0.05) is 21.7 Å². The molecule has 0 atom stereocenters. The number of nitrogens with zero attached hydrogens (tertiary/aromatic N) is 3. The summed E-state index contributed by atoms with van der Waals surface area (Å²) in [6.07, 6.45) is 0. The summed E-state index contributed by atoms with van der Waals surface area (Å²) in [6.45, 7) is 0. The Bertz CT molecular complexity index is 3010. The van der Waals surface area contributed by atoms with Gasteiger partial charge in [-0.3, -0.25) is 4.57 Å². The molecule has 11 rings (SSSR count). The second-order valence-electron chi connectivity index (χ2n) is 13.3. The molecule has 0 fully saturated rings. The van der Waals surface area contributed by atoms with Crippen molar-refractivity contribution in [3.05, 3.63) is 176 Å². The fourth-order valence-corrected chi connectivity index (χ4v) is 8.31. The molecule has 2 aromatic heterocycles. The number of hydrogen-bond acceptors (Lipinski definition) is 2. The van der Waals surface area contributed by atoms with Crippen LogP contribution in [0.2, 0.25) is 0 Å². The van der Waals surface area contributed by atoms with Gasteiger partial charge in [-0.1, -0.05) is 146 Å². The SMILES string of the molecule is c1ccc(-c2cccc(-c3nc4ccccc4nc3-n3c4cccc5c4c4c6c(ccc(-c7ccccc7)c6ccc43)-c3ccccc3-5)c2)cc1. The van der Waals surface area contributed by atoms with E-state index in [0.717, 1.165) is 44.7 Å². The Morgan fingerprint density at radius 1 is 0.333 bits per heavy atom. The van der Waals surface area contributed by atoms with Crippen molar-refractivity contribution in [2.24, 2.45) is 0 Å². The van der Waals surface area contributed by atoms with E-state index in [-0.39, 0.29) is 0 Å². The van der Waals surface area contributed by atoms with Crippen LogP contribution in [0.4, 0.5) is 0 Å². The van der Waals surface area contributed by atoms with E-state index in [4.69, 9.17) is 9.97 Å². The maximum absolute atomic E-state index is 5.46. The molecular weight excluding hydrogens is 619 g/mol. The molecule has 236 valence electrons. The zero-order valence-electron chi connectivity index (χ0n) is 27.6. The first kappa shape index (κ1) is 28.0. The Morgan fingerprint density at radius 3 is 1.69 bits per heavy atom. The highest BCUT2D eigenvalue weighted by atomic mass is 15.1. The summed E-state index contributed by atoms with van der Waals surface area (Å²) in [5.74, 6) is 0.824. The molecule has 1 aliphatic rings. The van der Waals surface area contributed by atoms with Gasteiger partial charge in [-0.25, -0.2) is 9.97 Å². The van der Waals surface area contributed by atoms with Crippen molar-refractivity contribution in [2.75, 3.05) is 0 Å². The van der Waals surface area contributed by atoms with Gasteiger partial charge in [0.2, 0.25) is 0 Å². The molecule has 8 aromatic carbocycles. The molecule has 0 radical (unpaired) electrons. The van der Waals surface area contributed by atoms with Crippen molar-refractivity contribution in [3.8, 4) is 61.6 Å². The van der Waals surface area contributed by atoms with Crippen LogP contribution in [0.1, 0.15) is 0 Å². The molecule has 10 aromatic rings. The molecule has 0 aliphatic heterocycles. The van der Waals surface area contributed by atoms with Gasteiger partial charge in [-0.2, -0.15) is 0 Å². The molecule has 3 heteroatoms. The lowest BCUT2D eigenvalue weighted by molar-refractivity contribution is 1.08. The minimum Gasteiger partial charge on any atom is -0.292 e. The second kappa shape index (κ2) is 10.8. The van der Waals surface area contributed by atoms with Gasteiger partial charge in [-0.05, 0) is 80.2 Å². The molecule has 0 spiro atoms. The number of aromatic nitrogens is 3. The number of para-hydroxylation sites is 2. The summed E-state index contributed by atoms with van der Waals surface area (Å²) in [5.41, 5.74) is 15.6. The maximum atomic E-state index is 5.46. The molecular formula is C48H29N3. The highest BCUT2D eigenvalue weighted by molar-refractivity contribution is 6.31. The summed E-state index contributed by atoms with van der Waals surface area (Å²) in [4.78, 5) is 10.8. The van der Waals surface area contributed by atoms with E-state index in [1.165, 1.54) is 60.5 Å². The minimum absolute atomic E-state index is 0.824. The molecule has 3 nitrogen and oxygen atoms in total. The fraction of sp³-hybridized carbons (Fsp3) is 0. The third-order valence-corrected chi connectivity index (χ3v) is 10.5. The number of benzene rings is 8. The number of hydrogen-bond donors (Lipinski definition) is 0. The molecule has 51 heavy (non-hydrogen) atoms. The van der Waals surface area contributed by atoms with Crippen LogP contribution in [0.25, 0.3) is 105 Å². The Hall–Kier alpha value is -6.84. The maximum Gasteiger partial charge on any atom is 0.165 e. The van der Waals surface area contributed by atoms with E-state index in [0.29, 0.717) is 0 Å². The van der Waals surface area contributed by atoms with E-state index in [1.54, 1.807) is 0 Å². The van der Waals surface area contributed by atoms with Crippen LogP contribution in [0.15, 0.2) is 176 Å². The lowest BCUT2D eigenvalue weighted by Crippen LogP contribution is -2.04. The summed E-state index contributed by atoms with van der Waals surface area (Å²) >= 11 is 0. The lowest BCUT2D eigenvalue weighted by atomic mass is 9.90. The van der Waals surface area contributed by atoms with Crippen LogP contribution in [-0.2, 0) is 0 Å². The monoisotopic (exact) mass is 647 g/mol. The molecule has 2 heterocycles. The van der Waals surface area contributed by atoms with Crippen LogP contribution in [0.3, 0.4) is 0 Å². The van der Waals surface area contributed by atoms with Crippen molar-refractivity contribution >= 4 is 43.6 Å². The van der Waals surface area contributed by atoms with Gasteiger partial charge in [-0.15, -0.1) is 0 Å². The summed E-state index contributed by atoms with van der Waals surface area (Å²) in [7, 11) is 0. The zero-order valence-corrected chi connectivity index (χ0v) is 27.6. The van der Waals surface area contributed by atoms with Crippen LogP contribution in [-0.4, -0.2) is 14.5 Å². The van der Waals surface area contributed by atoms with Gasteiger partial charge in [0.05, 0.1) is 22.1 Å². The van der Waals surface area contributed by atoms with E-state index < -0.39 is 0 Å². The zero-order chi connectivity index (χ0) is 33.5. The van der Waals surface area contributed by atoms with E-state index in [2.05, 4.69) is 168 Å².